The molecule has 33 heavy (non-hydrogen) atoms. The van der Waals surface area contributed by atoms with Gasteiger partial charge in [0.15, 0.2) is 0 Å². The van der Waals surface area contributed by atoms with Crippen LogP contribution in [0.15, 0.2) is 0 Å². The molecule has 7 fully saturated rings. The Labute approximate surface area is 190 Å². The van der Waals surface area contributed by atoms with Crippen LogP contribution < -0.4 is 0 Å². The summed E-state index contributed by atoms with van der Waals surface area (Å²) in [5, 5.41) is 0. The van der Waals surface area contributed by atoms with Crippen molar-refractivity contribution in [2.75, 3.05) is 12.4 Å². The number of fused-ring (bicyclic) bond motifs is 1. The Hall–Kier alpha value is -2.01. The largest absolute Gasteiger partial charge is 0.464 e. The maximum Gasteiger partial charge on any atom is 0.312 e. The lowest BCUT2D eigenvalue weighted by molar-refractivity contribution is -0.188. The molecule has 1 N–H and O–H groups in total. The van der Waals surface area contributed by atoms with Gasteiger partial charge in [0, 0.05) is 23.7 Å². The predicted molar refractivity (Wildman–Crippen MR) is 107 cm³/mol. The first kappa shape index (κ1) is 21.5. The third kappa shape index (κ3) is 3.18. The summed E-state index contributed by atoms with van der Waals surface area (Å²) in [5.41, 5.74) is -0.681. The van der Waals surface area contributed by atoms with E-state index in [9.17, 15) is 27.6 Å². The smallest absolute Gasteiger partial charge is 0.312 e. The molecule has 6 aliphatic carbocycles. The lowest BCUT2D eigenvalue weighted by atomic mass is 9.49. The van der Waals surface area contributed by atoms with Crippen molar-refractivity contribution in [3.63, 3.8) is 0 Å². The fourth-order valence-electron chi connectivity index (χ4n) is 8.06. The Bertz CT molecular complexity index is 1030. The first-order valence-corrected chi connectivity index (χ1v) is 13.2. The highest BCUT2D eigenvalue weighted by molar-refractivity contribution is 7.85. The first-order chi connectivity index (χ1) is 15.6. The van der Waals surface area contributed by atoms with E-state index in [4.69, 9.17) is 18.8 Å². The van der Waals surface area contributed by atoms with Crippen LogP contribution >= 0.6 is 0 Å². The van der Waals surface area contributed by atoms with E-state index in [2.05, 4.69) is 0 Å². The topological polar surface area (TPSA) is 150 Å². The number of hydrogen-bond acceptors (Lipinski definition) is 9. The number of esters is 3. The summed E-state index contributed by atoms with van der Waals surface area (Å²) in [6.45, 7) is -0.525. The molecule has 0 aromatic carbocycles. The Morgan fingerprint density at radius 1 is 1.06 bits per heavy atom. The molecule has 7 rings (SSSR count). The highest BCUT2D eigenvalue weighted by atomic mass is 32.2. The minimum atomic E-state index is -4.29. The van der Waals surface area contributed by atoms with Crippen molar-refractivity contribution in [1.29, 1.82) is 0 Å². The second kappa shape index (κ2) is 7.00. The van der Waals surface area contributed by atoms with Gasteiger partial charge in [0.25, 0.3) is 10.1 Å². The summed E-state index contributed by atoms with van der Waals surface area (Å²) >= 11 is 0. The summed E-state index contributed by atoms with van der Waals surface area (Å²) < 4.78 is 47.2. The maximum atomic E-state index is 13.5. The summed E-state index contributed by atoms with van der Waals surface area (Å²) in [4.78, 5) is 51.2. The number of ether oxygens (including phenoxy) is 3. The number of Topliss-reactive ketones (excluding diaryl/α,β-unsaturated/α-hetero) is 1. The molecule has 1 heterocycles. The third-order valence-corrected chi connectivity index (χ3v) is 9.76. The molecule has 0 radical (unpaired) electrons. The molecule has 8 unspecified atom stereocenters. The average Bonchev–Trinajstić information content (AvgIpc) is 3.34. The molecule has 11 heteroatoms. The van der Waals surface area contributed by atoms with E-state index in [1.165, 1.54) is 0 Å². The summed E-state index contributed by atoms with van der Waals surface area (Å²) in [6.07, 6.45) is 2.55. The molecular formula is C22H26O10S. The van der Waals surface area contributed by atoms with Gasteiger partial charge in [-0.2, -0.15) is 8.42 Å². The number of rotatable bonds is 6. The number of ketones is 1. The highest BCUT2D eigenvalue weighted by Crippen LogP contribution is 2.62. The molecule has 1 aliphatic heterocycles. The molecule has 0 aromatic rings. The van der Waals surface area contributed by atoms with Gasteiger partial charge in [0.1, 0.15) is 30.4 Å². The lowest BCUT2D eigenvalue weighted by Crippen LogP contribution is -2.56. The Morgan fingerprint density at radius 3 is 2.42 bits per heavy atom. The molecule has 6 bridgehead atoms. The number of hydrogen-bond donors (Lipinski definition) is 1. The van der Waals surface area contributed by atoms with Gasteiger partial charge in [-0.25, -0.2) is 0 Å². The first-order valence-electron chi connectivity index (χ1n) is 11.6. The van der Waals surface area contributed by atoms with Gasteiger partial charge in [-0.3, -0.25) is 23.7 Å². The zero-order valence-electron chi connectivity index (χ0n) is 17.9. The quantitative estimate of drug-likeness (QED) is 0.323. The van der Waals surface area contributed by atoms with Crippen LogP contribution in [0.4, 0.5) is 0 Å². The highest BCUT2D eigenvalue weighted by Gasteiger charge is 2.71. The van der Waals surface area contributed by atoms with E-state index in [0.717, 1.165) is 12.8 Å². The van der Waals surface area contributed by atoms with Crippen LogP contribution in [-0.2, 0) is 43.5 Å². The summed E-state index contributed by atoms with van der Waals surface area (Å²) in [5.74, 6) is -4.16. The molecule has 10 nitrogen and oxygen atoms in total. The minimum Gasteiger partial charge on any atom is -0.464 e. The minimum absolute atomic E-state index is 0.0805. The van der Waals surface area contributed by atoms with E-state index in [1.54, 1.807) is 0 Å². The van der Waals surface area contributed by atoms with E-state index in [-0.39, 0.29) is 29.5 Å². The van der Waals surface area contributed by atoms with Gasteiger partial charge in [-0.05, 0) is 44.4 Å². The van der Waals surface area contributed by atoms with E-state index >= 15 is 0 Å². The van der Waals surface area contributed by atoms with Gasteiger partial charge in [0.2, 0.25) is 0 Å². The van der Waals surface area contributed by atoms with Crippen molar-refractivity contribution in [1.82, 2.24) is 0 Å². The van der Waals surface area contributed by atoms with E-state index in [1.807, 2.05) is 0 Å². The second-order valence-electron chi connectivity index (χ2n) is 10.9. The molecule has 6 saturated carbocycles. The van der Waals surface area contributed by atoms with Crippen LogP contribution in [0.2, 0.25) is 0 Å². The van der Waals surface area contributed by atoms with Crippen molar-refractivity contribution >= 4 is 33.8 Å². The van der Waals surface area contributed by atoms with E-state index < -0.39 is 69.8 Å². The van der Waals surface area contributed by atoms with Crippen LogP contribution in [0.5, 0.6) is 0 Å². The van der Waals surface area contributed by atoms with Gasteiger partial charge in [-0.15, -0.1) is 0 Å². The molecule has 0 amide bonds. The Balaban J connectivity index is 1.19. The fourth-order valence-corrected chi connectivity index (χ4v) is 8.35. The van der Waals surface area contributed by atoms with Crippen molar-refractivity contribution < 1.29 is 46.4 Å². The molecule has 7 aliphatic rings. The van der Waals surface area contributed by atoms with Crippen molar-refractivity contribution in [3.05, 3.63) is 0 Å². The third-order valence-electron chi connectivity index (χ3n) is 9.07. The van der Waals surface area contributed by atoms with Crippen molar-refractivity contribution in [2.24, 2.45) is 46.8 Å². The van der Waals surface area contributed by atoms with Crippen molar-refractivity contribution in [3.8, 4) is 0 Å². The van der Waals surface area contributed by atoms with Gasteiger partial charge >= 0.3 is 17.9 Å². The standard InChI is InChI=1S/C22H26O10S/c23-16-10-3-9-4-11(16)8-22(6-9,7-10)21(26)32-18-12-5-13-15(20(25)31-17(13)18)14(12)19(24)30-1-2-33(27,28)29/h9-15,17-18H,1-8H2,(H,27,28,29). The van der Waals surface area contributed by atoms with Gasteiger partial charge in [0.05, 0.1) is 17.3 Å². The Morgan fingerprint density at radius 2 is 1.76 bits per heavy atom. The zero-order valence-corrected chi connectivity index (χ0v) is 18.7. The Kier molecular flexibility index (Phi) is 4.57. The predicted octanol–water partition coefficient (Wildman–Crippen LogP) is 0.532. The maximum absolute atomic E-state index is 13.5. The van der Waals surface area contributed by atoms with Crippen LogP contribution in [0.3, 0.4) is 0 Å². The zero-order chi connectivity index (χ0) is 23.3. The van der Waals surface area contributed by atoms with Gasteiger partial charge in [-0.1, -0.05) is 0 Å². The molecule has 0 spiro atoms. The van der Waals surface area contributed by atoms with E-state index in [0.29, 0.717) is 31.6 Å². The molecule has 8 atom stereocenters. The van der Waals surface area contributed by atoms with Crippen LogP contribution in [0.25, 0.3) is 0 Å². The molecule has 0 aromatic heterocycles. The van der Waals surface area contributed by atoms with Gasteiger partial charge < -0.3 is 14.2 Å². The van der Waals surface area contributed by atoms with Crippen LogP contribution in [-0.4, -0.2) is 61.2 Å². The molecule has 1 saturated heterocycles. The second-order valence-corrected chi connectivity index (χ2v) is 12.4. The lowest BCUT2D eigenvalue weighted by Gasteiger charge is -2.54. The van der Waals surface area contributed by atoms with Crippen LogP contribution in [0.1, 0.15) is 38.5 Å². The molecular weight excluding hydrogens is 456 g/mol. The summed E-state index contributed by atoms with van der Waals surface area (Å²) in [7, 11) is -4.29. The molecule has 180 valence electrons. The summed E-state index contributed by atoms with van der Waals surface area (Å²) in [6, 6.07) is 0. The fraction of sp³-hybridized carbons (Fsp3) is 0.818. The SMILES string of the molecule is O=C1C2CC3CC1CC(C(=O)OC1C4CC5C1OC(=O)C5C4C(=O)OCCS(=O)(=O)O)(C3)C2. The monoisotopic (exact) mass is 482 g/mol. The number of carbonyl (C=O) groups is 4. The normalized spacial score (nSPS) is 46.5. The van der Waals surface area contributed by atoms with Crippen LogP contribution in [0, 0.1) is 46.8 Å². The average molecular weight is 483 g/mol. The van der Waals surface area contributed by atoms with Crippen molar-refractivity contribution in [2.45, 2.75) is 50.7 Å². The number of carbonyl (C=O) groups excluding carboxylic acids is 4.